The summed E-state index contributed by atoms with van der Waals surface area (Å²) in [5.74, 6) is -1.85. The maximum absolute atomic E-state index is 13.1. The number of nitrogens with zero attached hydrogens (tertiary/aromatic N) is 2. The van der Waals surface area contributed by atoms with E-state index in [1.54, 1.807) is 19.1 Å². The van der Waals surface area contributed by atoms with Gasteiger partial charge in [0, 0.05) is 10.6 Å². The molecule has 0 saturated heterocycles. The largest absolute Gasteiger partial charge is 0.480 e. The van der Waals surface area contributed by atoms with E-state index >= 15 is 0 Å². The van der Waals surface area contributed by atoms with Crippen molar-refractivity contribution in [3.63, 3.8) is 0 Å². The predicted molar refractivity (Wildman–Crippen MR) is 103 cm³/mol. The van der Waals surface area contributed by atoms with Gasteiger partial charge in [-0.15, -0.1) is 0 Å². The Kier molecular flexibility index (Phi) is 5.81. The molecule has 1 heterocycles. The van der Waals surface area contributed by atoms with Gasteiger partial charge in [-0.3, -0.25) is 4.79 Å². The molecule has 10 heteroatoms. The molecule has 1 N–H and O–H groups in total. The number of aromatic nitrogens is 1. The Hall–Kier alpha value is -2.65. The Bertz CT molecular complexity index is 1170. The number of carboxylic acids is 1. The van der Waals surface area contributed by atoms with E-state index in [0.29, 0.717) is 5.02 Å². The Labute approximate surface area is 171 Å². The number of halogens is 4. The van der Waals surface area contributed by atoms with Crippen LogP contribution in [-0.4, -0.2) is 21.6 Å². The summed E-state index contributed by atoms with van der Waals surface area (Å²) >= 11 is 6.70. The van der Waals surface area contributed by atoms with E-state index in [4.69, 9.17) is 11.6 Å². The molecule has 3 rings (SSSR count). The number of carbonyl (C=O) groups excluding carboxylic acids is 1. The van der Waals surface area contributed by atoms with Crippen LogP contribution in [0.25, 0.3) is 10.2 Å². The Morgan fingerprint density at radius 1 is 1.24 bits per heavy atom. The second kappa shape index (κ2) is 8.00. The average Bonchev–Trinajstić information content (AvgIpc) is 2.98. The van der Waals surface area contributed by atoms with Crippen molar-refractivity contribution in [3.05, 3.63) is 63.4 Å². The summed E-state index contributed by atoms with van der Waals surface area (Å²) < 4.78 is 40.6. The van der Waals surface area contributed by atoms with Crippen molar-refractivity contribution in [2.45, 2.75) is 25.6 Å². The lowest BCUT2D eigenvalue weighted by Gasteiger charge is -2.14. The second-order valence-electron chi connectivity index (χ2n) is 6.12. The predicted octanol–water partition coefficient (Wildman–Crippen LogP) is 5.15. The lowest BCUT2D eigenvalue weighted by molar-refractivity contribution is -0.141. The SMILES string of the molecule is CCC(C(=O)O)n1c(=NC(=O)c2cccc(Cl)c2)sc2cc(C(F)(F)F)ccc21. The zero-order valence-corrected chi connectivity index (χ0v) is 16.5. The van der Waals surface area contributed by atoms with Crippen LogP contribution in [0.1, 0.15) is 35.3 Å². The molecule has 1 aromatic heterocycles. The molecule has 0 radical (unpaired) electrons. The summed E-state index contributed by atoms with van der Waals surface area (Å²) in [6.45, 7) is 1.63. The number of amides is 1. The smallest absolute Gasteiger partial charge is 0.416 e. The number of carboxylic acid groups (broad SMARTS) is 1. The van der Waals surface area contributed by atoms with Crippen LogP contribution in [0.15, 0.2) is 47.5 Å². The van der Waals surface area contributed by atoms with E-state index in [1.165, 1.54) is 22.8 Å². The molecular formula is C19H14ClF3N2O3S. The topological polar surface area (TPSA) is 71.7 Å². The van der Waals surface area contributed by atoms with Crippen LogP contribution in [0.2, 0.25) is 5.02 Å². The minimum absolute atomic E-state index is 0.00134. The quantitative estimate of drug-likeness (QED) is 0.607. The molecule has 5 nitrogen and oxygen atoms in total. The van der Waals surface area contributed by atoms with Crippen LogP contribution in [0.3, 0.4) is 0 Å². The molecule has 0 fully saturated rings. The summed E-state index contributed by atoms with van der Waals surface area (Å²) in [5, 5.41) is 9.88. The molecule has 0 saturated carbocycles. The summed E-state index contributed by atoms with van der Waals surface area (Å²) in [6, 6.07) is 7.94. The molecule has 0 bridgehead atoms. The van der Waals surface area contributed by atoms with Crippen molar-refractivity contribution in [2.24, 2.45) is 4.99 Å². The van der Waals surface area contributed by atoms with Gasteiger partial charge in [-0.1, -0.05) is 35.9 Å². The first-order chi connectivity index (χ1) is 13.6. The molecule has 1 atom stereocenters. The van der Waals surface area contributed by atoms with E-state index in [9.17, 15) is 27.9 Å². The highest BCUT2D eigenvalue weighted by molar-refractivity contribution is 7.16. The maximum Gasteiger partial charge on any atom is 0.416 e. The molecule has 0 aliphatic rings. The van der Waals surface area contributed by atoms with Gasteiger partial charge < -0.3 is 9.67 Å². The van der Waals surface area contributed by atoms with Crippen LogP contribution in [0.4, 0.5) is 13.2 Å². The standard InChI is InChI=1S/C19H14ClF3N2O3S/c1-2-13(17(27)28)25-14-7-6-11(19(21,22)23)9-15(14)29-18(25)24-16(26)10-4-3-5-12(20)8-10/h3-9,13H,2H2,1H3,(H,27,28). The van der Waals surface area contributed by atoms with Gasteiger partial charge in [0.1, 0.15) is 6.04 Å². The van der Waals surface area contributed by atoms with Gasteiger partial charge in [-0.05, 0) is 42.8 Å². The van der Waals surface area contributed by atoms with Crippen LogP contribution in [0.5, 0.6) is 0 Å². The van der Waals surface area contributed by atoms with Gasteiger partial charge in [0.15, 0.2) is 4.80 Å². The van der Waals surface area contributed by atoms with E-state index in [0.717, 1.165) is 23.5 Å². The number of thiazole rings is 1. The minimum Gasteiger partial charge on any atom is -0.480 e. The minimum atomic E-state index is -4.55. The van der Waals surface area contributed by atoms with E-state index < -0.39 is 29.7 Å². The monoisotopic (exact) mass is 442 g/mol. The van der Waals surface area contributed by atoms with Gasteiger partial charge in [0.25, 0.3) is 5.91 Å². The number of fused-ring (bicyclic) bond motifs is 1. The molecule has 152 valence electrons. The number of hydrogen-bond donors (Lipinski definition) is 1. The number of hydrogen-bond acceptors (Lipinski definition) is 3. The fraction of sp³-hybridized carbons (Fsp3) is 0.211. The fourth-order valence-corrected chi connectivity index (χ4v) is 4.14. The molecule has 1 unspecified atom stereocenters. The van der Waals surface area contributed by atoms with Crippen LogP contribution < -0.4 is 4.80 Å². The lowest BCUT2D eigenvalue weighted by Crippen LogP contribution is -2.27. The normalized spacial score (nSPS) is 13.6. The van der Waals surface area contributed by atoms with Gasteiger partial charge in [0.2, 0.25) is 0 Å². The third kappa shape index (κ3) is 4.35. The number of rotatable bonds is 4. The Morgan fingerprint density at radius 3 is 2.55 bits per heavy atom. The van der Waals surface area contributed by atoms with E-state index in [2.05, 4.69) is 4.99 Å². The van der Waals surface area contributed by atoms with Crippen molar-refractivity contribution in [2.75, 3.05) is 0 Å². The molecule has 0 spiro atoms. The molecule has 1 amide bonds. The van der Waals surface area contributed by atoms with Crippen molar-refractivity contribution in [1.82, 2.24) is 4.57 Å². The van der Waals surface area contributed by atoms with Crippen LogP contribution in [-0.2, 0) is 11.0 Å². The molecule has 0 aliphatic heterocycles. The number of alkyl halides is 3. The molecular weight excluding hydrogens is 429 g/mol. The van der Waals surface area contributed by atoms with Crippen molar-refractivity contribution in [1.29, 1.82) is 0 Å². The average molecular weight is 443 g/mol. The first kappa shape index (κ1) is 21.1. The first-order valence-electron chi connectivity index (χ1n) is 8.41. The van der Waals surface area contributed by atoms with Crippen LogP contribution >= 0.6 is 22.9 Å². The van der Waals surface area contributed by atoms with Crippen molar-refractivity contribution >= 4 is 45.0 Å². The van der Waals surface area contributed by atoms with Gasteiger partial charge >= 0.3 is 12.1 Å². The summed E-state index contributed by atoms with van der Waals surface area (Å²) in [7, 11) is 0. The highest BCUT2D eigenvalue weighted by Crippen LogP contribution is 2.33. The highest BCUT2D eigenvalue weighted by Gasteiger charge is 2.31. The first-order valence-corrected chi connectivity index (χ1v) is 9.61. The zero-order valence-electron chi connectivity index (χ0n) is 14.9. The summed E-state index contributed by atoms with van der Waals surface area (Å²) in [4.78, 5) is 28.2. The Balaban J connectivity index is 2.26. The number of benzene rings is 2. The van der Waals surface area contributed by atoms with Crippen LogP contribution in [0, 0.1) is 0 Å². The zero-order chi connectivity index (χ0) is 21.3. The van der Waals surface area contributed by atoms with E-state index in [-0.39, 0.29) is 27.0 Å². The van der Waals surface area contributed by atoms with Gasteiger partial charge in [-0.25, -0.2) is 4.79 Å². The molecule has 29 heavy (non-hydrogen) atoms. The summed E-state index contributed by atoms with van der Waals surface area (Å²) in [6.07, 6.45) is -4.39. The van der Waals surface area contributed by atoms with Crippen molar-refractivity contribution in [3.8, 4) is 0 Å². The lowest BCUT2D eigenvalue weighted by atomic mass is 10.2. The van der Waals surface area contributed by atoms with Gasteiger partial charge in [0.05, 0.1) is 15.8 Å². The molecule has 2 aromatic carbocycles. The van der Waals surface area contributed by atoms with Gasteiger partial charge in [-0.2, -0.15) is 18.2 Å². The second-order valence-corrected chi connectivity index (χ2v) is 7.57. The summed E-state index contributed by atoms with van der Waals surface area (Å²) in [5.41, 5.74) is -0.426. The highest BCUT2D eigenvalue weighted by atomic mass is 35.5. The third-order valence-corrected chi connectivity index (χ3v) is 5.46. The van der Waals surface area contributed by atoms with Crippen molar-refractivity contribution < 1.29 is 27.9 Å². The Morgan fingerprint density at radius 2 is 1.97 bits per heavy atom. The molecule has 0 aliphatic carbocycles. The molecule has 3 aromatic rings. The number of carbonyl (C=O) groups is 2. The van der Waals surface area contributed by atoms with E-state index in [1.807, 2.05) is 0 Å². The fourth-order valence-electron chi connectivity index (χ4n) is 2.84. The maximum atomic E-state index is 13.1. The third-order valence-electron chi connectivity index (χ3n) is 4.21. The number of aliphatic carboxylic acids is 1.